The molecule has 2 aromatic heterocycles. The van der Waals surface area contributed by atoms with Crippen molar-refractivity contribution in [3.63, 3.8) is 0 Å². The number of nitrogen functional groups attached to an aromatic ring is 1. The van der Waals surface area contributed by atoms with E-state index in [2.05, 4.69) is 28.0 Å². The number of halogens is 1. The number of nitriles is 1. The fraction of sp³-hybridized carbons (Fsp3) is 0.520. The summed E-state index contributed by atoms with van der Waals surface area (Å²) in [5.74, 6) is -0.136. The normalized spacial score (nSPS) is 20.7. The number of ether oxygens (including phenoxy) is 1. The lowest BCUT2D eigenvalue weighted by Gasteiger charge is -2.25. The Morgan fingerprint density at radius 2 is 2.20 bits per heavy atom. The molecular weight excluding hydrogens is 484 g/mol. The largest absolute Gasteiger partial charge is 0.504 e. The Balaban J connectivity index is 1.66. The van der Waals surface area contributed by atoms with E-state index in [0.29, 0.717) is 41.1 Å². The zero-order valence-corrected chi connectivity index (χ0v) is 21.7. The molecule has 1 aliphatic carbocycles. The topological polar surface area (TPSA) is 132 Å². The van der Waals surface area contributed by atoms with E-state index in [0.717, 1.165) is 55.5 Å². The van der Waals surface area contributed by atoms with Crippen LogP contribution in [0.3, 0.4) is 0 Å². The molecule has 0 bridgehead atoms. The first-order chi connectivity index (χ1) is 16.8. The highest BCUT2D eigenvalue weighted by Crippen LogP contribution is 2.44. The van der Waals surface area contributed by atoms with Crippen LogP contribution in [0, 0.1) is 16.7 Å². The molecule has 1 fully saturated rings. The number of likely N-dealkylation sites (N-methyl/N-ethyl adjacent to an activating group) is 1. The summed E-state index contributed by atoms with van der Waals surface area (Å²) in [5, 5.41) is 30.7. The van der Waals surface area contributed by atoms with Gasteiger partial charge in [-0.05, 0) is 57.7 Å². The standard InChI is InChI=1S/C25H31ClN6O2S/c1-3-6-16(22(28)15-8-4-9-18-21(15)17(12-27)24(29)35-18)23(33)25-30-19(26)11-20(31-25)34-13-14-7-5-10-32(14)2/h11,14-15,28,33H,3-10,13,29H2,1-2H3/b23-16-,28-22?/t14-,15-/m0/s1. The number of rotatable bonds is 8. The first-order valence-electron chi connectivity index (χ1n) is 12.0. The summed E-state index contributed by atoms with van der Waals surface area (Å²) in [6.45, 7) is 3.51. The number of aromatic nitrogens is 2. The van der Waals surface area contributed by atoms with Crippen molar-refractivity contribution >= 4 is 39.4 Å². The van der Waals surface area contributed by atoms with Gasteiger partial charge in [-0.2, -0.15) is 10.2 Å². The maximum absolute atomic E-state index is 11.3. The molecule has 1 aliphatic heterocycles. The van der Waals surface area contributed by atoms with Crippen LogP contribution in [0.4, 0.5) is 5.00 Å². The molecule has 10 heteroatoms. The van der Waals surface area contributed by atoms with Gasteiger partial charge in [-0.1, -0.05) is 24.9 Å². The van der Waals surface area contributed by atoms with E-state index in [4.69, 9.17) is 27.5 Å². The van der Waals surface area contributed by atoms with Crippen LogP contribution in [0.15, 0.2) is 11.6 Å². The summed E-state index contributed by atoms with van der Waals surface area (Å²) in [7, 11) is 2.08. The lowest BCUT2D eigenvalue weighted by Crippen LogP contribution is -2.30. The molecule has 0 unspecified atom stereocenters. The minimum Gasteiger partial charge on any atom is -0.504 e. The fourth-order valence-corrected chi connectivity index (χ4v) is 6.30. The van der Waals surface area contributed by atoms with E-state index < -0.39 is 0 Å². The third-order valence-electron chi connectivity index (χ3n) is 6.84. The number of nitrogens with one attached hydrogen (secondary N) is 1. The summed E-state index contributed by atoms with van der Waals surface area (Å²) in [6, 6.07) is 4.08. The zero-order chi connectivity index (χ0) is 25.1. The molecule has 186 valence electrons. The van der Waals surface area contributed by atoms with Crippen molar-refractivity contribution in [1.82, 2.24) is 14.9 Å². The number of aryl methyl sites for hydroxylation is 1. The molecule has 0 radical (unpaired) electrons. The molecular formula is C25H31ClN6O2S. The molecule has 1 saturated heterocycles. The molecule has 0 amide bonds. The third kappa shape index (κ3) is 5.30. The first-order valence-corrected chi connectivity index (χ1v) is 13.2. The maximum atomic E-state index is 11.3. The van der Waals surface area contributed by atoms with E-state index in [1.165, 1.54) is 11.3 Å². The lowest BCUT2D eigenvalue weighted by molar-refractivity contribution is 0.193. The number of aliphatic hydroxyl groups excluding tert-OH is 1. The second-order valence-corrected chi connectivity index (χ2v) is 10.7. The number of likely N-dealkylation sites (tertiary alicyclic amines) is 1. The van der Waals surface area contributed by atoms with E-state index in [9.17, 15) is 10.4 Å². The monoisotopic (exact) mass is 514 g/mol. The zero-order valence-electron chi connectivity index (χ0n) is 20.1. The average molecular weight is 515 g/mol. The summed E-state index contributed by atoms with van der Waals surface area (Å²) in [6.07, 6.45) is 5.85. The van der Waals surface area contributed by atoms with Crippen LogP contribution in [0.5, 0.6) is 5.88 Å². The van der Waals surface area contributed by atoms with Gasteiger partial charge in [-0.25, -0.2) is 4.98 Å². The molecule has 0 spiro atoms. The number of fused-ring (bicyclic) bond motifs is 1. The Labute approximate surface area is 214 Å². The first kappa shape index (κ1) is 25.4. The Morgan fingerprint density at radius 3 is 2.89 bits per heavy atom. The van der Waals surface area contributed by atoms with Crippen molar-refractivity contribution in [3.05, 3.63) is 38.6 Å². The Bertz CT molecular complexity index is 1190. The van der Waals surface area contributed by atoms with Crippen LogP contribution in [-0.2, 0) is 6.42 Å². The van der Waals surface area contributed by atoms with Crippen LogP contribution in [-0.4, -0.2) is 51.9 Å². The van der Waals surface area contributed by atoms with Crippen LogP contribution >= 0.6 is 22.9 Å². The molecule has 3 heterocycles. The van der Waals surface area contributed by atoms with E-state index in [-0.39, 0.29) is 28.4 Å². The van der Waals surface area contributed by atoms with Gasteiger partial charge in [0.05, 0.1) is 5.56 Å². The Morgan fingerprint density at radius 1 is 1.40 bits per heavy atom. The summed E-state index contributed by atoms with van der Waals surface area (Å²) in [4.78, 5) is 12.0. The number of nitrogens with two attached hydrogens (primary N) is 1. The highest BCUT2D eigenvalue weighted by Gasteiger charge is 2.33. The Hall–Kier alpha value is -2.67. The molecule has 0 saturated carbocycles. The van der Waals surface area contributed by atoms with Gasteiger partial charge in [0, 0.05) is 34.2 Å². The van der Waals surface area contributed by atoms with Gasteiger partial charge in [-0.3, -0.25) is 0 Å². The number of allylic oxidation sites excluding steroid dienone is 1. The van der Waals surface area contributed by atoms with Crippen molar-refractivity contribution in [2.24, 2.45) is 0 Å². The van der Waals surface area contributed by atoms with Crippen LogP contribution in [0.25, 0.3) is 5.76 Å². The molecule has 4 rings (SSSR count). The van der Waals surface area contributed by atoms with E-state index in [1.807, 2.05) is 6.92 Å². The number of anilines is 1. The average Bonchev–Trinajstić information content (AvgIpc) is 3.40. The highest BCUT2D eigenvalue weighted by atomic mass is 35.5. The van der Waals surface area contributed by atoms with Crippen molar-refractivity contribution in [2.45, 2.75) is 63.8 Å². The number of hydrogen-bond donors (Lipinski definition) is 3. The van der Waals surface area contributed by atoms with Gasteiger partial charge in [0.1, 0.15) is 22.8 Å². The maximum Gasteiger partial charge on any atom is 0.218 e. The van der Waals surface area contributed by atoms with Gasteiger partial charge < -0.3 is 25.9 Å². The highest BCUT2D eigenvalue weighted by molar-refractivity contribution is 7.16. The van der Waals surface area contributed by atoms with Gasteiger partial charge in [0.25, 0.3) is 0 Å². The predicted octanol–water partition coefficient (Wildman–Crippen LogP) is 5.33. The minimum absolute atomic E-state index is 0.0434. The number of aliphatic hydroxyl groups is 1. The van der Waals surface area contributed by atoms with Gasteiger partial charge >= 0.3 is 0 Å². The molecule has 2 aliphatic rings. The molecule has 4 N–H and O–H groups in total. The molecule has 2 aromatic rings. The molecule has 2 atom stereocenters. The summed E-state index contributed by atoms with van der Waals surface area (Å²) in [5.41, 5.74) is 8.14. The SMILES string of the molecule is CCC/C(C(=N)[C@H]1CCCc2sc(N)c(C#N)c21)=C(/O)c1nc(Cl)cc(OC[C@@H]2CCCN2C)n1. The quantitative estimate of drug-likeness (QED) is 0.246. The molecule has 8 nitrogen and oxygen atoms in total. The minimum atomic E-state index is -0.307. The van der Waals surface area contributed by atoms with E-state index >= 15 is 0 Å². The Kier molecular flexibility index (Phi) is 7.95. The van der Waals surface area contributed by atoms with Gasteiger partial charge in [-0.15, -0.1) is 11.3 Å². The van der Waals surface area contributed by atoms with Crippen LogP contribution in [0.2, 0.25) is 5.15 Å². The van der Waals surface area contributed by atoms with Crippen LogP contribution < -0.4 is 10.5 Å². The second-order valence-electron chi connectivity index (χ2n) is 9.17. The summed E-state index contributed by atoms with van der Waals surface area (Å²) >= 11 is 7.69. The van der Waals surface area contributed by atoms with Crippen molar-refractivity contribution in [2.75, 3.05) is 25.9 Å². The number of nitrogens with zero attached hydrogens (tertiary/aromatic N) is 4. The lowest BCUT2D eigenvalue weighted by atomic mass is 9.79. The van der Waals surface area contributed by atoms with Gasteiger partial charge in [0.2, 0.25) is 5.88 Å². The second kappa shape index (κ2) is 10.9. The number of thiophene rings is 1. The third-order valence-corrected chi connectivity index (χ3v) is 8.13. The van der Waals surface area contributed by atoms with Crippen molar-refractivity contribution in [1.29, 1.82) is 10.7 Å². The van der Waals surface area contributed by atoms with Gasteiger partial charge in [0.15, 0.2) is 11.6 Å². The summed E-state index contributed by atoms with van der Waals surface area (Å²) < 4.78 is 5.91. The smallest absolute Gasteiger partial charge is 0.218 e. The van der Waals surface area contributed by atoms with E-state index in [1.54, 1.807) is 6.07 Å². The molecule has 0 aromatic carbocycles. The van der Waals surface area contributed by atoms with Crippen molar-refractivity contribution in [3.8, 4) is 11.9 Å². The van der Waals surface area contributed by atoms with Crippen molar-refractivity contribution < 1.29 is 9.84 Å². The molecule has 35 heavy (non-hydrogen) atoms. The fourth-order valence-electron chi connectivity index (χ4n) is 5.00. The van der Waals surface area contributed by atoms with Crippen LogP contribution in [0.1, 0.15) is 73.2 Å². The predicted molar refractivity (Wildman–Crippen MR) is 139 cm³/mol. The number of hydrogen-bond acceptors (Lipinski definition) is 9.